The zero-order valence-electron chi connectivity index (χ0n) is 25.3. The van der Waals surface area contributed by atoms with Crippen LogP contribution in [0, 0.1) is 12.8 Å². The first-order valence-electron chi connectivity index (χ1n) is 15.1. The molecule has 0 radical (unpaired) electrons. The van der Waals surface area contributed by atoms with Crippen molar-refractivity contribution in [1.82, 2.24) is 14.7 Å². The summed E-state index contributed by atoms with van der Waals surface area (Å²) in [7, 11) is 0. The zero-order valence-corrected chi connectivity index (χ0v) is 26.1. The van der Waals surface area contributed by atoms with Crippen molar-refractivity contribution in [3.8, 4) is 5.69 Å². The number of aryl methyl sites for hydroxylation is 1. The lowest BCUT2D eigenvalue weighted by molar-refractivity contribution is 0.131. The second kappa shape index (κ2) is 11.9. The molecule has 2 bridgehead atoms. The Hall–Kier alpha value is -4.11. The topological polar surface area (TPSA) is 91.3 Å². The number of hydrogen-bond donors (Lipinski definition) is 3. The molecule has 2 aromatic carbocycles. The van der Waals surface area contributed by atoms with Crippen molar-refractivity contribution in [2.45, 2.75) is 77.3 Å². The number of anilines is 3. The molecule has 224 valence electrons. The van der Waals surface area contributed by atoms with Crippen LogP contribution in [0.5, 0.6) is 0 Å². The van der Waals surface area contributed by atoms with E-state index in [0.717, 1.165) is 60.4 Å². The highest BCUT2D eigenvalue weighted by atomic mass is 32.1. The fourth-order valence-corrected chi connectivity index (χ4v) is 6.96. The lowest BCUT2D eigenvalue weighted by Crippen LogP contribution is -2.48. The summed E-state index contributed by atoms with van der Waals surface area (Å²) >= 11 is 1.59. The second-order valence-corrected chi connectivity index (χ2v) is 13.7. The van der Waals surface area contributed by atoms with Gasteiger partial charge in [0.25, 0.3) is 0 Å². The Labute approximate surface area is 257 Å². The molecule has 0 aliphatic carbocycles. The number of urea groups is 2. The van der Waals surface area contributed by atoms with Gasteiger partial charge in [-0.1, -0.05) is 50.6 Å². The first-order chi connectivity index (χ1) is 20.6. The highest BCUT2D eigenvalue weighted by molar-refractivity contribution is 7.08. The Balaban J connectivity index is 1.06. The number of rotatable bonds is 6. The molecule has 0 spiro atoms. The molecule has 2 aliphatic rings. The van der Waals surface area contributed by atoms with Crippen molar-refractivity contribution >= 4 is 40.6 Å². The van der Waals surface area contributed by atoms with Crippen molar-refractivity contribution in [2.75, 3.05) is 16.0 Å². The summed E-state index contributed by atoms with van der Waals surface area (Å²) < 4.78 is 1.78. The van der Waals surface area contributed by atoms with Gasteiger partial charge in [-0.25, -0.2) is 14.3 Å². The van der Waals surface area contributed by atoms with E-state index < -0.39 is 0 Å². The molecule has 8 nitrogen and oxygen atoms in total. The average Bonchev–Trinajstić information content (AvgIpc) is 3.69. The number of fused-ring (bicyclic) bond motifs is 2. The van der Waals surface area contributed by atoms with E-state index in [0.29, 0.717) is 23.8 Å². The first-order valence-corrected chi connectivity index (χ1v) is 16.0. The van der Waals surface area contributed by atoms with E-state index in [4.69, 9.17) is 5.10 Å². The van der Waals surface area contributed by atoms with Gasteiger partial charge in [0.1, 0.15) is 5.82 Å². The summed E-state index contributed by atoms with van der Waals surface area (Å²) in [5, 5.41) is 17.8. The Bertz CT molecular complexity index is 1560. The second-order valence-electron chi connectivity index (χ2n) is 13.0. The van der Waals surface area contributed by atoms with E-state index in [2.05, 4.69) is 53.8 Å². The van der Waals surface area contributed by atoms with Crippen LogP contribution in [0.3, 0.4) is 0 Å². The van der Waals surface area contributed by atoms with Gasteiger partial charge in [0.05, 0.1) is 17.1 Å². The monoisotopic (exact) mass is 596 g/mol. The van der Waals surface area contributed by atoms with Gasteiger partial charge in [0.15, 0.2) is 0 Å². The molecule has 9 heteroatoms. The van der Waals surface area contributed by atoms with E-state index in [9.17, 15) is 9.59 Å². The van der Waals surface area contributed by atoms with Gasteiger partial charge in [0.2, 0.25) is 0 Å². The zero-order chi connectivity index (χ0) is 30.1. The molecule has 4 amide bonds. The number of nitrogens with zero attached hydrogens (tertiary/aromatic N) is 3. The fourth-order valence-electron chi connectivity index (χ4n) is 6.37. The van der Waals surface area contributed by atoms with E-state index in [1.165, 1.54) is 5.56 Å². The minimum absolute atomic E-state index is 0.0367. The number of aromatic nitrogens is 2. The Morgan fingerprint density at radius 1 is 0.907 bits per heavy atom. The lowest BCUT2D eigenvalue weighted by Gasteiger charge is -2.39. The minimum atomic E-state index is -0.314. The predicted molar refractivity (Wildman–Crippen MR) is 174 cm³/mol. The van der Waals surface area contributed by atoms with Crippen molar-refractivity contribution in [2.24, 2.45) is 5.92 Å². The van der Waals surface area contributed by atoms with Crippen LogP contribution in [0.1, 0.15) is 63.3 Å². The van der Waals surface area contributed by atoms with Crippen LogP contribution >= 0.6 is 11.3 Å². The van der Waals surface area contributed by atoms with E-state index >= 15 is 0 Å². The summed E-state index contributed by atoms with van der Waals surface area (Å²) in [5.74, 6) is 1.16. The molecule has 4 aromatic rings. The maximum Gasteiger partial charge on any atom is 0.324 e. The van der Waals surface area contributed by atoms with Crippen LogP contribution in [0.4, 0.5) is 26.8 Å². The number of hydrogen-bond acceptors (Lipinski definition) is 4. The Morgan fingerprint density at radius 3 is 2.23 bits per heavy atom. The van der Waals surface area contributed by atoms with Crippen LogP contribution in [0.2, 0.25) is 0 Å². The summed E-state index contributed by atoms with van der Waals surface area (Å²) in [6.07, 6.45) is 5.19. The molecule has 0 saturated carbocycles. The maximum absolute atomic E-state index is 13.0. The fraction of sp³-hybridized carbons (Fsp3) is 0.382. The number of thiophene rings is 1. The van der Waals surface area contributed by atoms with Gasteiger partial charge in [-0.2, -0.15) is 16.4 Å². The van der Waals surface area contributed by atoms with Crippen LogP contribution in [-0.4, -0.2) is 38.8 Å². The third-order valence-electron chi connectivity index (χ3n) is 8.57. The Kier molecular flexibility index (Phi) is 8.01. The van der Waals surface area contributed by atoms with Crippen LogP contribution in [0.15, 0.2) is 71.4 Å². The van der Waals surface area contributed by atoms with E-state index in [-0.39, 0.29) is 17.5 Å². The van der Waals surface area contributed by atoms with Gasteiger partial charge < -0.3 is 15.5 Å². The number of amides is 4. The molecule has 2 aromatic heterocycles. The lowest BCUT2D eigenvalue weighted by atomic mass is 9.86. The minimum Gasteiger partial charge on any atom is -0.319 e. The number of nitrogens with one attached hydrogen (secondary N) is 3. The van der Waals surface area contributed by atoms with Crippen molar-refractivity contribution in [3.63, 3.8) is 0 Å². The summed E-state index contributed by atoms with van der Waals surface area (Å²) in [5.41, 5.74) is 5.66. The van der Waals surface area contributed by atoms with Crippen molar-refractivity contribution in [3.05, 3.63) is 88.2 Å². The molecule has 0 unspecified atom stereocenters. The van der Waals surface area contributed by atoms with Crippen LogP contribution < -0.4 is 16.0 Å². The predicted octanol–water partition coefficient (Wildman–Crippen LogP) is 8.20. The normalized spacial score (nSPS) is 19.7. The quantitative estimate of drug-likeness (QED) is 0.210. The SMILES string of the molecule is Cc1ccc(-n2nc(C(C)(C)C)cc2NC(=O)Nc2ccc(C[C@H]3C[C@H]4CC[C@@H](C3)N4C(=O)Nc3ccsc3)cc2)cc1. The molecule has 6 rings (SSSR count). The highest BCUT2D eigenvalue weighted by Gasteiger charge is 2.43. The van der Waals surface area contributed by atoms with Crippen molar-refractivity contribution < 1.29 is 9.59 Å². The van der Waals surface area contributed by atoms with Gasteiger partial charge in [0, 0.05) is 34.6 Å². The average molecular weight is 597 g/mol. The molecule has 2 fully saturated rings. The first kappa shape index (κ1) is 29.0. The summed E-state index contributed by atoms with van der Waals surface area (Å²) in [6.45, 7) is 8.37. The Morgan fingerprint density at radius 2 is 1.60 bits per heavy atom. The molecular weight excluding hydrogens is 556 g/mol. The standard InChI is InChI=1S/C34H40N6O2S/c1-22-5-11-27(12-6-22)40-31(20-30(38-40)34(2,3)4)37-32(41)35-25-9-7-23(8-10-25)17-24-18-28-13-14-29(19-24)39(28)33(42)36-26-15-16-43-21-26/h5-12,15-16,20-21,24,28-29H,13-14,17-19H2,1-4H3,(H,36,42)(H2,35,37,41)/t24-,28+,29-. The summed E-state index contributed by atoms with van der Waals surface area (Å²) in [4.78, 5) is 28.1. The van der Waals surface area contributed by atoms with E-state index in [1.54, 1.807) is 16.0 Å². The number of carbonyl (C=O) groups excluding carboxylic acids is 2. The molecule has 43 heavy (non-hydrogen) atoms. The van der Waals surface area contributed by atoms with Gasteiger partial charge >= 0.3 is 12.1 Å². The third kappa shape index (κ3) is 6.62. The van der Waals surface area contributed by atoms with Gasteiger partial charge in [-0.15, -0.1) is 0 Å². The molecule has 2 aliphatic heterocycles. The number of piperidine rings is 1. The molecule has 3 N–H and O–H groups in total. The van der Waals surface area contributed by atoms with Crippen molar-refractivity contribution in [1.29, 1.82) is 0 Å². The van der Waals surface area contributed by atoms with Gasteiger partial charge in [-0.05, 0) is 86.2 Å². The third-order valence-corrected chi connectivity index (χ3v) is 9.26. The van der Waals surface area contributed by atoms with Crippen LogP contribution in [0.25, 0.3) is 5.69 Å². The number of carbonyl (C=O) groups is 2. The maximum atomic E-state index is 13.0. The summed E-state index contributed by atoms with van der Waals surface area (Å²) in [6, 6.07) is 20.4. The van der Waals surface area contributed by atoms with Gasteiger partial charge in [-0.3, -0.25) is 5.32 Å². The van der Waals surface area contributed by atoms with Crippen LogP contribution in [-0.2, 0) is 11.8 Å². The molecule has 4 heterocycles. The number of benzene rings is 2. The highest BCUT2D eigenvalue weighted by Crippen LogP contribution is 2.40. The van der Waals surface area contributed by atoms with E-state index in [1.807, 2.05) is 66.2 Å². The largest absolute Gasteiger partial charge is 0.324 e. The molecular formula is C34H40N6O2S. The molecule has 2 saturated heterocycles. The molecule has 3 atom stereocenters. The smallest absolute Gasteiger partial charge is 0.319 e.